The molecule has 1 heterocycles. The van der Waals surface area contributed by atoms with E-state index in [9.17, 15) is 4.79 Å². The number of nitrogens with one attached hydrogen (secondary N) is 2. The Morgan fingerprint density at radius 1 is 1.08 bits per heavy atom. The van der Waals surface area contributed by atoms with E-state index >= 15 is 0 Å². The summed E-state index contributed by atoms with van der Waals surface area (Å²) in [6, 6.07) is 18.2. The first kappa shape index (κ1) is 17.2. The van der Waals surface area contributed by atoms with E-state index in [2.05, 4.69) is 41.8 Å². The summed E-state index contributed by atoms with van der Waals surface area (Å²) < 4.78 is 0. The summed E-state index contributed by atoms with van der Waals surface area (Å²) in [4.78, 5) is 17.0. The second kappa shape index (κ2) is 7.94. The van der Waals surface area contributed by atoms with Crippen LogP contribution in [0.2, 0.25) is 0 Å². The van der Waals surface area contributed by atoms with Crippen molar-refractivity contribution < 1.29 is 4.79 Å². The minimum atomic E-state index is -0.0671. The fraction of sp³-hybridized carbons (Fsp3) is 0.200. The Kier molecular flexibility index (Phi) is 5.46. The van der Waals surface area contributed by atoms with Gasteiger partial charge in [0.1, 0.15) is 0 Å². The lowest BCUT2D eigenvalue weighted by atomic mass is 10.1. The highest BCUT2D eigenvalue weighted by Crippen LogP contribution is 2.31. The average molecular weight is 351 g/mol. The maximum atomic E-state index is 11.1. The van der Waals surface area contributed by atoms with Gasteiger partial charge in [0, 0.05) is 29.6 Å². The zero-order valence-corrected chi connectivity index (χ0v) is 15.2. The molecule has 3 aromatic rings. The van der Waals surface area contributed by atoms with Crippen molar-refractivity contribution in [1.82, 2.24) is 4.98 Å². The van der Waals surface area contributed by atoms with Gasteiger partial charge >= 0.3 is 0 Å². The van der Waals surface area contributed by atoms with E-state index < -0.39 is 0 Å². The second-order valence-electron chi connectivity index (χ2n) is 5.84. The molecule has 0 saturated heterocycles. The Labute approximate surface area is 151 Å². The summed E-state index contributed by atoms with van der Waals surface area (Å²) in [6.45, 7) is 4.45. The van der Waals surface area contributed by atoms with Gasteiger partial charge in [0.15, 0.2) is 5.13 Å². The Balaban J connectivity index is 1.64. The molecule has 128 valence electrons. The van der Waals surface area contributed by atoms with E-state index in [0.29, 0.717) is 0 Å². The molecule has 2 N–H and O–H groups in total. The van der Waals surface area contributed by atoms with Gasteiger partial charge in [0.2, 0.25) is 5.91 Å². The molecule has 0 spiro atoms. The van der Waals surface area contributed by atoms with Gasteiger partial charge in [-0.05, 0) is 31.0 Å². The molecule has 0 aliphatic heterocycles. The Morgan fingerprint density at radius 2 is 1.80 bits per heavy atom. The quantitative estimate of drug-likeness (QED) is 0.675. The zero-order valence-electron chi connectivity index (χ0n) is 14.4. The summed E-state index contributed by atoms with van der Waals surface area (Å²) in [5.41, 5.74) is 4.16. The molecule has 25 heavy (non-hydrogen) atoms. The fourth-order valence-corrected chi connectivity index (χ4v) is 3.47. The third-order valence-corrected chi connectivity index (χ3v) is 4.74. The number of benzene rings is 2. The number of carbonyl (C=O) groups is 1. The SMILES string of the molecule is CC(=O)Nc1ccc(-c2nc(NCCc3ccccc3)sc2C)cc1. The lowest BCUT2D eigenvalue weighted by molar-refractivity contribution is -0.114. The number of aromatic nitrogens is 1. The van der Waals surface area contributed by atoms with Crippen LogP contribution in [0.4, 0.5) is 10.8 Å². The molecule has 1 aromatic heterocycles. The van der Waals surface area contributed by atoms with Crippen molar-refractivity contribution >= 4 is 28.1 Å². The first-order chi connectivity index (χ1) is 12.1. The van der Waals surface area contributed by atoms with Gasteiger partial charge < -0.3 is 10.6 Å². The summed E-state index contributed by atoms with van der Waals surface area (Å²) in [5.74, 6) is -0.0671. The van der Waals surface area contributed by atoms with Crippen LogP contribution in [0.25, 0.3) is 11.3 Å². The molecule has 4 nitrogen and oxygen atoms in total. The highest BCUT2D eigenvalue weighted by Gasteiger charge is 2.10. The number of anilines is 2. The number of aryl methyl sites for hydroxylation is 1. The topological polar surface area (TPSA) is 54.0 Å². The maximum absolute atomic E-state index is 11.1. The summed E-state index contributed by atoms with van der Waals surface area (Å²) >= 11 is 1.67. The van der Waals surface area contributed by atoms with Crippen LogP contribution in [0.15, 0.2) is 54.6 Å². The minimum absolute atomic E-state index is 0.0671. The number of hydrogen-bond donors (Lipinski definition) is 2. The molecule has 0 fully saturated rings. The first-order valence-corrected chi connectivity index (χ1v) is 9.07. The van der Waals surface area contributed by atoms with Crippen molar-refractivity contribution in [1.29, 1.82) is 0 Å². The second-order valence-corrected chi connectivity index (χ2v) is 7.05. The van der Waals surface area contributed by atoms with Crippen molar-refractivity contribution in [2.24, 2.45) is 0 Å². The predicted molar refractivity (Wildman–Crippen MR) is 105 cm³/mol. The van der Waals surface area contributed by atoms with Gasteiger partial charge in [-0.15, -0.1) is 11.3 Å². The number of carbonyl (C=O) groups excluding carboxylic acids is 1. The van der Waals surface area contributed by atoms with E-state index in [4.69, 9.17) is 4.98 Å². The molecular weight excluding hydrogens is 330 g/mol. The monoisotopic (exact) mass is 351 g/mol. The normalized spacial score (nSPS) is 10.5. The summed E-state index contributed by atoms with van der Waals surface area (Å²) in [6.07, 6.45) is 0.972. The number of nitrogens with zero attached hydrogens (tertiary/aromatic N) is 1. The van der Waals surface area contributed by atoms with Crippen molar-refractivity contribution in [3.05, 3.63) is 65.0 Å². The standard InChI is InChI=1S/C20H21N3OS/c1-14-19(17-8-10-18(11-9-17)22-15(2)24)23-20(25-14)21-13-12-16-6-4-3-5-7-16/h3-11H,12-13H2,1-2H3,(H,21,23)(H,22,24). The molecular formula is C20H21N3OS. The van der Waals surface area contributed by atoms with Crippen LogP contribution in [0, 0.1) is 6.92 Å². The molecule has 0 saturated carbocycles. The minimum Gasteiger partial charge on any atom is -0.361 e. The molecule has 0 atom stereocenters. The molecule has 5 heteroatoms. The van der Waals surface area contributed by atoms with E-state index in [1.807, 2.05) is 30.3 Å². The number of hydrogen-bond acceptors (Lipinski definition) is 4. The summed E-state index contributed by atoms with van der Waals surface area (Å²) in [5, 5.41) is 7.13. The van der Waals surface area contributed by atoms with Crippen LogP contribution in [0.3, 0.4) is 0 Å². The molecule has 0 unspecified atom stereocenters. The van der Waals surface area contributed by atoms with Gasteiger partial charge in [-0.2, -0.15) is 0 Å². The largest absolute Gasteiger partial charge is 0.361 e. The number of thiazole rings is 1. The van der Waals surface area contributed by atoms with Crippen molar-refractivity contribution in [2.75, 3.05) is 17.2 Å². The van der Waals surface area contributed by atoms with Crippen molar-refractivity contribution in [3.63, 3.8) is 0 Å². The van der Waals surface area contributed by atoms with Gasteiger partial charge in [-0.3, -0.25) is 4.79 Å². The molecule has 1 amide bonds. The van der Waals surface area contributed by atoms with Crippen LogP contribution in [-0.4, -0.2) is 17.4 Å². The van der Waals surface area contributed by atoms with Gasteiger partial charge in [0.25, 0.3) is 0 Å². The average Bonchev–Trinajstić information content (AvgIpc) is 2.97. The van der Waals surface area contributed by atoms with Crippen LogP contribution in [-0.2, 0) is 11.2 Å². The van der Waals surface area contributed by atoms with Crippen molar-refractivity contribution in [3.8, 4) is 11.3 Å². The zero-order chi connectivity index (χ0) is 17.6. The highest BCUT2D eigenvalue weighted by atomic mass is 32.1. The van der Waals surface area contributed by atoms with E-state index in [0.717, 1.165) is 35.0 Å². The lowest BCUT2D eigenvalue weighted by Gasteiger charge is -2.04. The molecule has 0 radical (unpaired) electrons. The smallest absolute Gasteiger partial charge is 0.221 e. The van der Waals surface area contributed by atoms with Crippen LogP contribution < -0.4 is 10.6 Å². The third-order valence-electron chi connectivity index (χ3n) is 3.81. The summed E-state index contributed by atoms with van der Waals surface area (Å²) in [7, 11) is 0. The number of amides is 1. The van der Waals surface area contributed by atoms with E-state index in [1.54, 1.807) is 11.3 Å². The Hall–Kier alpha value is -2.66. The number of rotatable bonds is 6. The van der Waals surface area contributed by atoms with Gasteiger partial charge in [-0.1, -0.05) is 42.5 Å². The van der Waals surface area contributed by atoms with Gasteiger partial charge in [-0.25, -0.2) is 4.98 Å². The van der Waals surface area contributed by atoms with Crippen molar-refractivity contribution in [2.45, 2.75) is 20.3 Å². The van der Waals surface area contributed by atoms with E-state index in [-0.39, 0.29) is 5.91 Å². The maximum Gasteiger partial charge on any atom is 0.221 e. The molecule has 0 bridgehead atoms. The fourth-order valence-electron chi connectivity index (χ4n) is 2.61. The molecule has 0 aliphatic carbocycles. The molecule has 0 aliphatic rings. The van der Waals surface area contributed by atoms with Crippen LogP contribution >= 0.6 is 11.3 Å². The van der Waals surface area contributed by atoms with Crippen LogP contribution in [0.5, 0.6) is 0 Å². The van der Waals surface area contributed by atoms with Crippen LogP contribution in [0.1, 0.15) is 17.4 Å². The third kappa shape index (κ3) is 4.67. The van der Waals surface area contributed by atoms with E-state index in [1.165, 1.54) is 17.4 Å². The first-order valence-electron chi connectivity index (χ1n) is 8.25. The molecule has 2 aromatic carbocycles. The predicted octanol–water partition coefficient (Wildman–Crippen LogP) is 4.73. The lowest BCUT2D eigenvalue weighted by Crippen LogP contribution is -2.05. The molecule has 3 rings (SSSR count). The van der Waals surface area contributed by atoms with Gasteiger partial charge in [0.05, 0.1) is 5.69 Å². The Bertz CT molecular complexity index is 841. The highest BCUT2D eigenvalue weighted by molar-refractivity contribution is 7.16. The Morgan fingerprint density at radius 3 is 2.48 bits per heavy atom.